The normalized spacial score (nSPS) is 15.2. The fraction of sp³-hybridized carbons (Fsp3) is 0.100. The topological polar surface area (TPSA) is 122 Å². The maximum absolute atomic E-state index is 12.9. The molecule has 0 saturated carbocycles. The van der Waals surface area contributed by atoms with E-state index in [2.05, 4.69) is 5.32 Å². The number of ether oxygens (including phenoxy) is 2. The van der Waals surface area contributed by atoms with E-state index in [0.717, 1.165) is 4.90 Å². The molecule has 1 aliphatic heterocycles. The lowest BCUT2D eigenvalue weighted by Gasteiger charge is -2.26. The summed E-state index contributed by atoms with van der Waals surface area (Å²) in [6, 6.07) is 9.52. The Balaban J connectivity index is 1.94. The number of carboxylic acid groups (broad SMARTS) is 1. The zero-order chi connectivity index (χ0) is 21.8. The molecule has 9 nitrogen and oxygen atoms in total. The molecule has 1 aliphatic rings. The lowest BCUT2D eigenvalue weighted by molar-refractivity contribution is -0.139. The summed E-state index contributed by atoms with van der Waals surface area (Å²) >= 11 is 5.84. The predicted molar refractivity (Wildman–Crippen MR) is 107 cm³/mol. The second kappa shape index (κ2) is 8.66. The first-order chi connectivity index (χ1) is 14.3. The number of nitrogens with zero attached hydrogens (tertiary/aromatic N) is 1. The Morgan fingerprint density at radius 1 is 1.13 bits per heavy atom. The van der Waals surface area contributed by atoms with Crippen LogP contribution < -0.4 is 19.7 Å². The molecule has 0 aliphatic carbocycles. The van der Waals surface area contributed by atoms with Crippen molar-refractivity contribution >= 4 is 47.2 Å². The van der Waals surface area contributed by atoms with Crippen LogP contribution in [-0.4, -0.2) is 42.6 Å². The minimum absolute atomic E-state index is 0.180. The standard InChI is InChI=1S/C20H15ClN2O7/c1-29-16-9-11(2-7-15(16)30-10-17(24)25)8-14-18(26)22-20(28)23(19(14)27)13-5-3-12(21)4-6-13/h2-9H,10H2,1H3,(H,24,25)(H,22,26,28). The van der Waals surface area contributed by atoms with Gasteiger partial charge in [0.25, 0.3) is 11.8 Å². The van der Waals surface area contributed by atoms with E-state index in [1.807, 2.05) is 0 Å². The fourth-order valence-electron chi connectivity index (χ4n) is 2.68. The third-order valence-corrected chi connectivity index (χ3v) is 4.29. The average molecular weight is 431 g/mol. The molecule has 4 amide bonds. The van der Waals surface area contributed by atoms with Gasteiger partial charge in [-0.25, -0.2) is 14.5 Å². The van der Waals surface area contributed by atoms with Crippen LogP contribution in [0.4, 0.5) is 10.5 Å². The van der Waals surface area contributed by atoms with Crippen molar-refractivity contribution in [3.63, 3.8) is 0 Å². The second-order valence-corrected chi connectivity index (χ2v) is 6.46. The summed E-state index contributed by atoms with van der Waals surface area (Å²) in [6.07, 6.45) is 1.29. The molecule has 0 bridgehead atoms. The Labute approximate surface area is 175 Å². The number of carbonyl (C=O) groups is 4. The van der Waals surface area contributed by atoms with E-state index in [-0.39, 0.29) is 22.8 Å². The number of carbonyl (C=O) groups excluding carboxylic acids is 3. The molecule has 0 spiro atoms. The maximum atomic E-state index is 12.9. The van der Waals surface area contributed by atoms with Crippen LogP contribution in [0, 0.1) is 0 Å². The van der Waals surface area contributed by atoms with E-state index in [1.54, 1.807) is 0 Å². The zero-order valence-electron chi connectivity index (χ0n) is 15.5. The van der Waals surface area contributed by atoms with E-state index in [0.29, 0.717) is 10.6 Å². The van der Waals surface area contributed by atoms with Crippen molar-refractivity contribution in [1.29, 1.82) is 0 Å². The van der Waals surface area contributed by atoms with Crippen LogP contribution in [0.25, 0.3) is 6.08 Å². The Hall–Kier alpha value is -3.85. The Bertz CT molecular complexity index is 1060. The summed E-state index contributed by atoms with van der Waals surface area (Å²) in [7, 11) is 1.36. The van der Waals surface area contributed by atoms with Crippen molar-refractivity contribution < 1.29 is 33.8 Å². The summed E-state index contributed by atoms with van der Waals surface area (Å²) in [6.45, 7) is -0.560. The molecule has 0 atom stereocenters. The highest BCUT2D eigenvalue weighted by Crippen LogP contribution is 2.30. The SMILES string of the molecule is COc1cc(C=C2C(=O)NC(=O)N(c3ccc(Cl)cc3)C2=O)ccc1OCC(=O)O. The number of halogens is 1. The first kappa shape index (κ1) is 20.9. The Kier molecular flexibility index (Phi) is 6.03. The number of hydrogen-bond donors (Lipinski definition) is 2. The van der Waals surface area contributed by atoms with Crippen LogP contribution in [0.15, 0.2) is 48.0 Å². The monoisotopic (exact) mass is 430 g/mol. The summed E-state index contributed by atoms with van der Waals surface area (Å²) in [5.41, 5.74) is 0.375. The van der Waals surface area contributed by atoms with Crippen LogP contribution in [0.3, 0.4) is 0 Å². The molecule has 1 heterocycles. The number of urea groups is 1. The number of amides is 4. The number of methoxy groups -OCH3 is 1. The molecule has 154 valence electrons. The Morgan fingerprint density at radius 2 is 1.83 bits per heavy atom. The molecule has 0 radical (unpaired) electrons. The Morgan fingerprint density at radius 3 is 2.47 bits per heavy atom. The number of rotatable bonds is 6. The molecule has 0 unspecified atom stereocenters. The van der Waals surface area contributed by atoms with Gasteiger partial charge in [0.1, 0.15) is 5.57 Å². The van der Waals surface area contributed by atoms with Crippen molar-refractivity contribution in [3.05, 3.63) is 58.6 Å². The van der Waals surface area contributed by atoms with Crippen molar-refractivity contribution in [3.8, 4) is 11.5 Å². The first-order valence-electron chi connectivity index (χ1n) is 8.50. The van der Waals surface area contributed by atoms with E-state index in [4.69, 9.17) is 26.2 Å². The number of barbiturate groups is 1. The van der Waals surface area contributed by atoms with Crippen LogP contribution in [0.2, 0.25) is 5.02 Å². The average Bonchev–Trinajstić information content (AvgIpc) is 2.71. The molecule has 2 aromatic rings. The third-order valence-electron chi connectivity index (χ3n) is 4.04. The minimum atomic E-state index is -1.15. The molecule has 30 heavy (non-hydrogen) atoms. The highest BCUT2D eigenvalue weighted by atomic mass is 35.5. The van der Waals surface area contributed by atoms with E-state index in [1.165, 1.54) is 55.7 Å². The molecular formula is C20H15ClN2O7. The van der Waals surface area contributed by atoms with Gasteiger partial charge in [-0.1, -0.05) is 17.7 Å². The first-order valence-corrected chi connectivity index (χ1v) is 8.87. The van der Waals surface area contributed by atoms with Gasteiger partial charge in [-0.05, 0) is 48.0 Å². The number of carboxylic acids is 1. The van der Waals surface area contributed by atoms with Gasteiger partial charge in [0, 0.05) is 5.02 Å². The highest BCUT2D eigenvalue weighted by Gasteiger charge is 2.36. The van der Waals surface area contributed by atoms with Crippen LogP contribution >= 0.6 is 11.6 Å². The van der Waals surface area contributed by atoms with Gasteiger partial charge in [-0.2, -0.15) is 0 Å². The largest absolute Gasteiger partial charge is 0.493 e. The fourth-order valence-corrected chi connectivity index (χ4v) is 2.81. The number of aliphatic carboxylic acids is 1. The van der Waals surface area contributed by atoms with Crippen LogP contribution in [0.1, 0.15) is 5.56 Å². The smallest absolute Gasteiger partial charge is 0.341 e. The van der Waals surface area contributed by atoms with Gasteiger partial charge < -0.3 is 14.6 Å². The van der Waals surface area contributed by atoms with Gasteiger partial charge in [0.05, 0.1) is 12.8 Å². The van der Waals surface area contributed by atoms with E-state index < -0.39 is 30.4 Å². The highest BCUT2D eigenvalue weighted by molar-refractivity contribution is 6.39. The zero-order valence-corrected chi connectivity index (χ0v) is 16.3. The molecule has 2 N–H and O–H groups in total. The number of benzene rings is 2. The summed E-state index contributed by atoms with van der Waals surface area (Å²) in [4.78, 5) is 48.8. The van der Waals surface area contributed by atoms with Crippen molar-refractivity contribution in [1.82, 2.24) is 5.32 Å². The number of anilines is 1. The molecular weight excluding hydrogens is 416 g/mol. The lowest BCUT2D eigenvalue weighted by Crippen LogP contribution is -2.54. The molecule has 0 aromatic heterocycles. The van der Waals surface area contributed by atoms with Gasteiger partial charge in [0.15, 0.2) is 18.1 Å². The molecule has 2 aromatic carbocycles. The maximum Gasteiger partial charge on any atom is 0.341 e. The van der Waals surface area contributed by atoms with Gasteiger partial charge in [-0.3, -0.25) is 14.9 Å². The van der Waals surface area contributed by atoms with E-state index >= 15 is 0 Å². The minimum Gasteiger partial charge on any atom is -0.493 e. The number of imide groups is 2. The van der Waals surface area contributed by atoms with E-state index in [9.17, 15) is 19.2 Å². The second-order valence-electron chi connectivity index (χ2n) is 6.03. The molecule has 1 saturated heterocycles. The summed E-state index contributed by atoms with van der Waals surface area (Å²) < 4.78 is 10.3. The number of hydrogen-bond acceptors (Lipinski definition) is 6. The molecule has 1 fully saturated rings. The van der Waals surface area contributed by atoms with Crippen molar-refractivity contribution in [2.75, 3.05) is 18.6 Å². The number of nitrogens with one attached hydrogen (secondary N) is 1. The predicted octanol–water partition coefficient (Wildman–Crippen LogP) is 2.48. The van der Waals surface area contributed by atoms with Gasteiger partial charge >= 0.3 is 12.0 Å². The van der Waals surface area contributed by atoms with Gasteiger partial charge in [0.2, 0.25) is 0 Å². The van der Waals surface area contributed by atoms with Crippen molar-refractivity contribution in [2.45, 2.75) is 0 Å². The van der Waals surface area contributed by atoms with Crippen molar-refractivity contribution in [2.24, 2.45) is 0 Å². The summed E-state index contributed by atoms with van der Waals surface area (Å²) in [5, 5.41) is 11.3. The molecule has 3 rings (SSSR count). The van der Waals surface area contributed by atoms with Crippen LogP contribution in [0.5, 0.6) is 11.5 Å². The third kappa shape index (κ3) is 4.41. The lowest BCUT2D eigenvalue weighted by atomic mass is 10.1. The summed E-state index contributed by atoms with van der Waals surface area (Å²) in [5.74, 6) is -2.42. The van der Waals surface area contributed by atoms with Crippen LogP contribution in [-0.2, 0) is 14.4 Å². The van der Waals surface area contributed by atoms with Gasteiger partial charge in [-0.15, -0.1) is 0 Å². The quantitative estimate of drug-likeness (QED) is 0.533. The molecule has 10 heteroatoms.